The first kappa shape index (κ1) is 16.5. The van der Waals surface area contributed by atoms with Gasteiger partial charge in [0.15, 0.2) is 18.2 Å². The molecular formula is C19H21FN2O2. The van der Waals surface area contributed by atoms with Gasteiger partial charge >= 0.3 is 0 Å². The van der Waals surface area contributed by atoms with Crippen LogP contribution in [0, 0.1) is 11.7 Å². The molecule has 3 rings (SSSR count). The van der Waals surface area contributed by atoms with Crippen molar-refractivity contribution in [3.63, 3.8) is 0 Å². The highest BCUT2D eigenvalue weighted by Crippen LogP contribution is 2.32. The van der Waals surface area contributed by atoms with Crippen LogP contribution in [0.15, 0.2) is 54.6 Å². The summed E-state index contributed by atoms with van der Waals surface area (Å²) in [7, 11) is 0. The van der Waals surface area contributed by atoms with Crippen molar-refractivity contribution in [3.05, 3.63) is 66.0 Å². The molecule has 0 aromatic heterocycles. The Bertz CT molecular complexity index is 693. The number of rotatable bonds is 5. The molecule has 1 fully saturated rings. The fourth-order valence-electron chi connectivity index (χ4n) is 3.18. The van der Waals surface area contributed by atoms with Gasteiger partial charge in [0.25, 0.3) is 5.91 Å². The minimum Gasteiger partial charge on any atom is -0.481 e. The largest absolute Gasteiger partial charge is 0.481 e. The number of halogens is 1. The number of ether oxygens (including phenoxy) is 1. The molecule has 0 aliphatic carbocycles. The summed E-state index contributed by atoms with van der Waals surface area (Å²) in [5.74, 6) is -0.0534. The summed E-state index contributed by atoms with van der Waals surface area (Å²) in [4.78, 5) is 14.2. The zero-order valence-corrected chi connectivity index (χ0v) is 13.4. The molecule has 2 aromatic rings. The van der Waals surface area contributed by atoms with Gasteiger partial charge in [0.1, 0.15) is 0 Å². The van der Waals surface area contributed by atoms with Crippen LogP contribution in [0.5, 0.6) is 5.75 Å². The van der Waals surface area contributed by atoms with Crippen LogP contribution in [0.3, 0.4) is 0 Å². The van der Waals surface area contributed by atoms with Crippen molar-refractivity contribution in [1.82, 2.24) is 4.90 Å². The average Bonchev–Trinajstić information content (AvgIpc) is 3.06. The number of para-hydroxylation sites is 1. The molecule has 1 saturated heterocycles. The Morgan fingerprint density at radius 2 is 1.83 bits per heavy atom. The van der Waals surface area contributed by atoms with Crippen LogP contribution in [-0.2, 0) is 4.79 Å². The molecule has 5 heteroatoms. The summed E-state index contributed by atoms with van der Waals surface area (Å²) in [6.45, 7) is 1.58. The second-order valence-electron chi connectivity index (χ2n) is 6.03. The zero-order valence-electron chi connectivity index (χ0n) is 13.4. The summed E-state index contributed by atoms with van der Waals surface area (Å²) < 4.78 is 18.9. The minimum absolute atomic E-state index is 0.0973. The van der Waals surface area contributed by atoms with E-state index in [1.54, 1.807) is 17.0 Å². The molecule has 126 valence electrons. The van der Waals surface area contributed by atoms with Gasteiger partial charge in [-0.2, -0.15) is 0 Å². The molecule has 4 nitrogen and oxygen atoms in total. The van der Waals surface area contributed by atoms with E-state index in [0.717, 1.165) is 0 Å². The van der Waals surface area contributed by atoms with E-state index in [2.05, 4.69) is 12.1 Å². The number of likely N-dealkylation sites (tertiary alicyclic amines) is 1. The van der Waals surface area contributed by atoms with E-state index in [0.29, 0.717) is 19.6 Å². The molecule has 0 bridgehead atoms. The van der Waals surface area contributed by atoms with Crippen LogP contribution >= 0.6 is 0 Å². The summed E-state index contributed by atoms with van der Waals surface area (Å²) in [6.07, 6.45) is 0. The highest BCUT2D eigenvalue weighted by Gasteiger charge is 2.35. The van der Waals surface area contributed by atoms with E-state index in [4.69, 9.17) is 10.5 Å². The number of amides is 1. The van der Waals surface area contributed by atoms with E-state index in [1.807, 2.05) is 18.2 Å². The molecule has 2 atom stereocenters. The quantitative estimate of drug-likeness (QED) is 0.917. The molecule has 0 saturated carbocycles. The monoisotopic (exact) mass is 328 g/mol. The third-order valence-electron chi connectivity index (χ3n) is 4.51. The second kappa shape index (κ2) is 7.45. The first-order valence-electron chi connectivity index (χ1n) is 8.09. The first-order valence-corrected chi connectivity index (χ1v) is 8.09. The highest BCUT2D eigenvalue weighted by atomic mass is 19.1. The van der Waals surface area contributed by atoms with E-state index in [-0.39, 0.29) is 30.1 Å². The first-order chi connectivity index (χ1) is 11.7. The van der Waals surface area contributed by atoms with E-state index < -0.39 is 5.82 Å². The Balaban J connectivity index is 1.63. The third kappa shape index (κ3) is 3.57. The molecule has 1 aliphatic heterocycles. The summed E-state index contributed by atoms with van der Waals surface area (Å²) >= 11 is 0. The number of carbonyl (C=O) groups excluding carboxylic acids is 1. The summed E-state index contributed by atoms with van der Waals surface area (Å²) in [5.41, 5.74) is 7.08. The number of benzene rings is 2. The van der Waals surface area contributed by atoms with Crippen LogP contribution in [0.4, 0.5) is 4.39 Å². The Morgan fingerprint density at radius 3 is 2.54 bits per heavy atom. The number of hydrogen-bond donors (Lipinski definition) is 1. The maximum absolute atomic E-state index is 13.6. The van der Waals surface area contributed by atoms with Crippen LogP contribution in [0.25, 0.3) is 0 Å². The van der Waals surface area contributed by atoms with Crippen molar-refractivity contribution in [3.8, 4) is 5.75 Å². The van der Waals surface area contributed by atoms with Crippen molar-refractivity contribution in [2.24, 2.45) is 11.7 Å². The van der Waals surface area contributed by atoms with Crippen LogP contribution in [-0.4, -0.2) is 37.0 Å². The van der Waals surface area contributed by atoms with Crippen LogP contribution < -0.4 is 10.5 Å². The smallest absolute Gasteiger partial charge is 0.260 e. The zero-order chi connectivity index (χ0) is 16.9. The van der Waals surface area contributed by atoms with Gasteiger partial charge in [0.05, 0.1) is 0 Å². The normalized spacial score (nSPS) is 20.2. The highest BCUT2D eigenvalue weighted by molar-refractivity contribution is 5.78. The van der Waals surface area contributed by atoms with Gasteiger partial charge < -0.3 is 15.4 Å². The van der Waals surface area contributed by atoms with Crippen molar-refractivity contribution in [1.29, 1.82) is 0 Å². The van der Waals surface area contributed by atoms with E-state index in [9.17, 15) is 9.18 Å². The molecule has 0 radical (unpaired) electrons. The van der Waals surface area contributed by atoms with E-state index >= 15 is 0 Å². The summed E-state index contributed by atoms with van der Waals surface area (Å²) in [5, 5.41) is 0. The lowest BCUT2D eigenvalue weighted by Gasteiger charge is -2.17. The average molecular weight is 328 g/mol. The standard InChI is InChI=1S/C19H21FN2O2/c20-17-8-4-5-9-18(17)24-13-19(23)22-11-15(10-21)16(12-22)14-6-2-1-3-7-14/h1-9,15-16H,10-13,21H2/t15-,16+/m1/s1. The maximum Gasteiger partial charge on any atom is 0.260 e. The molecule has 24 heavy (non-hydrogen) atoms. The Kier molecular flexibility index (Phi) is 5.11. The Labute approximate surface area is 141 Å². The maximum atomic E-state index is 13.6. The van der Waals surface area contributed by atoms with Crippen molar-refractivity contribution in [2.45, 2.75) is 5.92 Å². The lowest BCUT2D eigenvalue weighted by Crippen LogP contribution is -2.33. The van der Waals surface area contributed by atoms with E-state index in [1.165, 1.54) is 17.7 Å². The number of nitrogens with two attached hydrogens (primary N) is 1. The minimum atomic E-state index is -0.464. The van der Waals surface area contributed by atoms with Gasteiger partial charge in [-0.25, -0.2) is 4.39 Å². The van der Waals surface area contributed by atoms with Crippen molar-refractivity contribution >= 4 is 5.91 Å². The Morgan fingerprint density at radius 1 is 1.12 bits per heavy atom. The predicted octanol–water partition coefficient (Wildman–Crippen LogP) is 2.41. The van der Waals surface area contributed by atoms with Gasteiger partial charge in [0.2, 0.25) is 0 Å². The topological polar surface area (TPSA) is 55.6 Å². The molecule has 2 aromatic carbocycles. The van der Waals surface area contributed by atoms with Gasteiger partial charge in [-0.15, -0.1) is 0 Å². The number of nitrogens with zero attached hydrogens (tertiary/aromatic N) is 1. The molecule has 1 heterocycles. The van der Waals surface area contributed by atoms with Gasteiger partial charge in [0, 0.05) is 19.0 Å². The molecule has 2 N–H and O–H groups in total. The number of hydrogen-bond acceptors (Lipinski definition) is 3. The molecule has 1 aliphatic rings. The van der Waals surface area contributed by atoms with Crippen LogP contribution in [0.2, 0.25) is 0 Å². The predicted molar refractivity (Wildman–Crippen MR) is 90.2 cm³/mol. The fraction of sp³-hybridized carbons (Fsp3) is 0.316. The molecule has 1 amide bonds. The lowest BCUT2D eigenvalue weighted by atomic mass is 9.89. The van der Waals surface area contributed by atoms with Gasteiger partial charge in [-0.3, -0.25) is 4.79 Å². The molecule has 0 spiro atoms. The number of carbonyl (C=O) groups is 1. The lowest BCUT2D eigenvalue weighted by molar-refractivity contribution is -0.132. The molecular weight excluding hydrogens is 307 g/mol. The van der Waals surface area contributed by atoms with Gasteiger partial charge in [-0.05, 0) is 30.2 Å². The second-order valence-corrected chi connectivity index (χ2v) is 6.03. The van der Waals surface area contributed by atoms with Crippen molar-refractivity contribution in [2.75, 3.05) is 26.2 Å². The van der Waals surface area contributed by atoms with Crippen molar-refractivity contribution < 1.29 is 13.9 Å². The van der Waals surface area contributed by atoms with Crippen LogP contribution in [0.1, 0.15) is 11.5 Å². The summed E-state index contributed by atoms with van der Waals surface area (Å²) in [6, 6.07) is 16.2. The SMILES string of the molecule is NC[C@@H]1CN(C(=O)COc2ccccc2F)C[C@H]1c1ccccc1. The van der Waals surface area contributed by atoms with Gasteiger partial charge in [-0.1, -0.05) is 42.5 Å². The molecule has 0 unspecified atom stereocenters. The third-order valence-corrected chi connectivity index (χ3v) is 4.51. The fourth-order valence-corrected chi connectivity index (χ4v) is 3.18. The Hall–Kier alpha value is -2.40.